The maximum absolute atomic E-state index is 11.7. The van der Waals surface area contributed by atoms with Crippen LogP contribution in [0.4, 0.5) is 0 Å². The number of hydrogen-bond acceptors (Lipinski definition) is 3. The summed E-state index contributed by atoms with van der Waals surface area (Å²) in [5.41, 5.74) is 4.93. The average Bonchev–Trinajstić information content (AvgIpc) is 2.41. The Labute approximate surface area is 102 Å². The number of aromatic nitrogens is 2. The van der Waals surface area contributed by atoms with Crippen LogP contribution in [0.1, 0.15) is 37.7 Å². The molecular weight excluding hydrogens is 218 g/mol. The molecule has 1 N–H and O–H groups in total. The largest absolute Gasteiger partial charge is 0.272 e. The highest BCUT2D eigenvalue weighted by Crippen LogP contribution is 2.12. The van der Waals surface area contributed by atoms with Gasteiger partial charge >= 0.3 is 0 Å². The Morgan fingerprint density at radius 2 is 2.00 bits per heavy atom. The molecule has 0 saturated heterocycles. The van der Waals surface area contributed by atoms with Crippen molar-refractivity contribution in [1.29, 1.82) is 0 Å². The van der Waals surface area contributed by atoms with Gasteiger partial charge in [0.2, 0.25) is 5.91 Å². The van der Waals surface area contributed by atoms with Crippen molar-refractivity contribution in [3.05, 3.63) is 17.0 Å². The van der Waals surface area contributed by atoms with Crippen LogP contribution in [-0.4, -0.2) is 21.3 Å². The Morgan fingerprint density at radius 1 is 1.41 bits per heavy atom. The Hall–Kier alpha value is -1.36. The van der Waals surface area contributed by atoms with Gasteiger partial charge in [-0.2, -0.15) is 5.10 Å². The lowest BCUT2D eigenvalue weighted by Gasteiger charge is -2.18. The number of nitrogens with one attached hydrogen (secondary N) is 1. The van der Waals surface area contributed by atoms with Crippen molar-refractivity contribution < 1.29 is 9.63 Å². The van der Waals surface area contributed by atoms with E-state index in [0.717, 1.165) is 17.0 Å². The van der Waals surface area contributed by atoms with Crippen LogP contribution in [0.2, 0.25) is 0 Å². The SMILES string of the molecule is Cc1nn(C)c(C)c1CC(=O)NOC(C)(C)C. The highest BCUT2D eigenvalue weighted by atomic mass is 16.7. The predicted octanol–water partition coefficient (Wildman–Crippen LogP) is 1.43. The van der Waals surface area contributed by atoms with Gasteiger partial charge in [0.15, 0.2) is 0 Å². The lowest BCUT2D eigenvalue weighted by atomic mass is 10.1. The normalized spacial score (nSPS) is 11.6. The number of aryl methyl sites for hydroxylation is 2. The van der Waals surface area contributed by atoms with Gasteiger partial charge in [-0.1, -0.05) is 0 Å². The summed E-state index contributed by atoms with van der Waals surface area (Å²) < 4.78 is 1.78. The van der Waals surface area contributed by atoms with Crippen molar-refractivity contribution >= 4 is 5.91 Å². The molecule has 0 aliphatic carbocycles. The summed E-state index contributed by atoms with van der Waals surface area (Å²) in [4.78, 5) is 16.9. The van der Waals surface area contributed by atoms with E-state index in [1.54, 1.807) is 4.68 Å². The number of carbonyl (C=O) groups excluding carboxylic acids is 1. The monoisotopic (exact) mass is 239 g/mol. The van der Waals surface area contributed by atoms with E-state index >= 15 is 0 Å². The van der Waals surface area contributed by atoms with Gasteiger partial charge in [0.25, 0.3) is 0 Å². The molecule has 0 atom stereocenters. The van der Waals surface area contributed by atoms with Crippen LogP contribution >= 0.6 is 0 Å². The van der Waals surface area contributed by atoms with Crippen LogP contribution in [0.3, 0.4) is 0 Å². The number of hydroxylamine groups is 1. The first kappa shape index (κ1) is 13.7. The first-order valence-corrected chi connectivity index (χ1v) is 5.66. The van der Waals surface area contributed by atoms with Crippen molar-refractivity contribution in [3.63, 3.8) is 0 Å². The maximum Gasteiger partial charge on any atom is 0.248 e. The average molecular weight is 239 g/mol. The lowest BCUT2D eigenvalue weighted by molar-refractivity contribution is -0.144. The molecule has 5 heteroatoms. The summed E-state index contributed by atoms with van der Waals surface area (Å²) in [6.07, 6.45) is 0.293. The Bertz CT molecular complexity index is 416. The molecule has 1 aromatic heterocycles. The van der Waals surface area contributed by atoms with Crippen molar-refractivity contribution in [2.45, 2.75) is 46.6 Å². The van der Waals surface area contributed by atoms with Gasteiger partial charge in [-0.25, -0.2) is 5.48 Å². The van der Waals surface area contributed by atoms with E-state index in [0.29, 0.717) is 6.42 Å². The smallest absolute Gasteiger partial charge is 0.248 e. The lowest BCUT2D eigenvalue weighted by Crippen LogP contribution is -2.34. The van der Waals surface area contributed by atoms with Gasteiger partial charge in [-0.3, -0.25) is 14.3 Å². The molecule has 96 valence electrons. The van der Waals surface area contributed by atoms with E-state index < -0.39 is 0 Å². The summed E-state index contributed by atoms with van der Waals surface area (Å²) >= 11 is 0. The highest BCUT2D eigenvalue weighted by molar-refractivity contribution is 5.78. The fourth-order valence-electron chi connectivity index (χ4n) is 1.48. The molecule has 0 fully saturated rings. The molecule has 0 aliphatic rings. The molecule has 17 heavy (non-hydrogen) atoms. The van der Waals surface area contributed by atoms with Crippen LogP contribution in [0.5, 0.6) is 0 Å². The topological polar surface area (TPSA) is 56.2 Å². The molecule has 1 heterocycles. The first-order valence-electron chi connectivity index (χ1n) is 5.66. The van der Waals surface area contributed by atoms with Crippen LogP contribution in [0.25, 0.3) is 0 Å². The quantitative estimate of drug-likeness (QED) is 0.812. The minimum Gasteiger partial charge on any atom is -0.272 e. The zero-order valence-corrected chi connectivity index (χ0v) is 11.4. The van der Waals surface area contributed by atoms with Gasteiger partial charge in [0.05, 0.1) is 17.7 Å². The molecule has 0 bridgehead atoms. The Kier molecular flexibility index (Phi) is 3.93. The van der Waals surface area contributed by atoms with Gasteiger partial charge in [0.1, 0.15) is 0 Å². The fraction of sp³-hybridized carbons (Fsp3) is 0.667. The second kappa shape index (κ2) is 4.87. The van der Waals surface area contributed by atoms with E-state index in [9.17, 15) is 4.79 Å². The van der Waals surface area contributed by atoms with Crippen LogP contribution in [-0.2, 0) is 23.1 Å². The molecule has 1 aromatic rings. The van der Waals surface area contributed by atoms with E-state index in [1.165, 1.54) is 0 Å². The van der Waals surface area contributed by atoms with Gasteiger partial charge in [-0.15, -0.1) is 0 Å². The summed E-state index contributed by atoms with van der Waals surface area (Å²) in [5, 5.41) is 4.27. The van der Waals surface area contributed by atoms with Gasteiger partial charge < -0.3 is 0 Å². The molecule has 0 aliphatic heterocycles. The Morgan fingerprint density at radius 3 is 2.41 bits per heavy atom. The number of amides is 1. The molecule has 0 saturated carbocycles. The van der Waals surface area contributed by atoms with Crippen LogP contribution < -0.4 is 5.48 Å². The standard InChI is InChI=1S/C12H21N3O2/c1-8-10(9(2)15(6)13-8)7-11(16)14-17-12(3,4)5/h7H2,1-6H3,(H,14,16). The zero-order valence-electron chi connectivity index (χ0n) is 11.4. The van der Waals surface area contributed by atoms with Crippen molar-refractivity contribution in [2.24, 2.45) is 7.05 Å². The van der Waals surface area contributed by atoms with Crippen molar-refractivity contribution in [1.82, 2.24) is 15.3 Å². The molecule has 0 unspecified atom stereocenters. The third kappa shape index (κ3) is 3.85. The zero-order chi connectivity index (χ0) is 13.2. The van der Waals surface area contributed by atoms with E-state index in [1.807, 2.05) is 41.7 Å². The molecule has 0 aromatic carbocycles. The fourth-order valence-corrected chi connectivity index (χ4v) is 1.48. The molecule has 1 amide bonds. The van der Waals surface area contributed by atoms with Gasteiger partial charge in [-0.05, 0) is 34.6 Å². The summed E-state index contributed by atoms with van der Waals surface area (Å²) in [7, 11) is 1.87. The van der Waals surface area contributed by atoms with Crippen LogP contribution in [0.15, 0.2) is 0 Å². The van der Waals surface area contributed by atoms with E-state index in [4.69, 9.17) is 4.84 Å². The predicted molar refractivity (Wildman–Crippen MR) is 65.4 cm³/mol. The van der Waals surface area contributed by atoms with E-state index in [2.05, 4.69) is 10.6 Å². The number of rotatable bonds is 3. The van der Waals surface area contributed by atoms with Crippen LogP contribution in [0, 0.1) is 13.8 Å². The van der Waals surface area contributed by atoms with Crippen molar-refractivity contribution in [3.8, 4) is 0 Å². The Balaban J connectivity index is 2.63. The number of nitrogens with zero attached hydrogens (tertiary/aromatic N) is 2. The third-order valence-electron chi connectivity index (χ3n) is 2.47. The molecule has 5 nitrogen and oxygen atoms in total. The number of carbonyl (C=O) groups is 1. The molecular formula is C12H21N3O2. The van der Waals surface area contributed by atoms with Gasteiger partial charge in [0, 0.05) is 18.3 Å². The first-order chi connectivity index (χ1) is 7.70. The number of hydrogen-bond donors (Lipinski definition) is 1. The summed E-state index contributed by atoms with van der Waals surface area (Å²) in [6.45, 7) is 9.50. The highest BCUT2D eigenvalue weighted by Gasteiger charge is 2.16. The van der Waals surface area contributed by atoms with Crippen molar-refractivity contribution in [2.75, 3.05) is 0 Å². The third-order valence-corrected chi connectivity index (χ3v) is 2.47. The summed E-state index contributed by atoms with van der Waals surface area (Å²) in [6, 6.07) is 0. The minimum absolute atomic E-state index is 0.154. The second-order valence-electron chi connectivity index (χ2n) is 5.19. The molecule has 1 rings (SSSR count). The molecule has 0 spiro atoms. The van der Waals surface area contributed by atoms with E-state index in [-0.39, 0.29) is 11.5 Å². The minimum atomic E-state index is -0.380. The summed E-state index contributed by atoms with van der Waals surface area (Å²) in [5.74, 6) is -0.154. The second-order valence-corrected chi connectivity index (χ2v) is 5.19. The maximum atomic E-state index is 11.7. The molecule has 0 radical (unpaired) electrons.